The van der Waals surface area contributed by atoms with Crippen molar-refractivity contribution in [3.05, 3.63) is 54.1 Å². The lowest BCUT2D eigenvalue weighted by Crippen LogP contribution is -2.33. The Labute approximate surface area is 148 Å². The average Bonchev–Trinajstić information content (AvgIpc) is 3.09. The van der Waals surface area contributed by atoms with E-state index < -0.39 is 0 Å². The van der Waals surface area contributed by atoms with E-state index in [2.05, 4.69) is 56.1 Å². The Hall–Kier alpha value is -2.40. The highest BCUT2D eigenvalue weighted by molar-refractivity contribution is 5.91. The molecule has 0 spiro atoms. The normalized spacial score (nSPS) is 16.4. The number of ether oxygens (including phenoxy) is 1. The maximum atomic E-state index is 5.51. The first kappa shape index (κ1) is 16.1. The van der Waals surface area contributed by atoms with Crippen LogP contribution >= 0.6 is 0 Å². The van der Waals surface area contributed by atoms with Gasteiger partial charge in [-0.05, 0) is 42.9 Å². The van der Waals surface area contributed by atoms with Crippen LogP contribution in [0, 0.1) is 0 Å². The van der Waals surface area contributed by atoms with Crippen molar-refractivity contribution < 1.29 is 4.74 Å². The number of hydrogen-bond acceptors (Lipinski definition) is 4. The molecule has 0 unspecified atom stereocenters. The van der Waals surface area contributed by atoms with Crippen molar-refractivity contribution in [1.82, 2.24) is 19.7 Å². The molecule has 0 amide bonds. The second kappa shape index (κ2) is 6.84. The summed E-state index contributed by atoms with van der Waals surface area (Å²) in [6, 6.07) is 12.8. The number of aromatic nitrogens is 3. The fourth-order valence-electron chi connectivity index (χ4n) is 3.90. The molecule has 1 aromatic heterocycles. The van der Waals surface area contributed by atoms with Gasteiger partial charge >= 0.3 is 0 Å². The van der Waals surface area contributed by atoms with Crippen LogP contribution in [-0.4, -0.2) is 39.9 Å². The van der Waals surface area contributed by atoms with Crippen molar-refractivity contribution in [1.29, 1.82) is 0 Å². The molecule has 1 aliphatic rings. The molecule has 2 heterocycles. The Balaban J connectivity index is 1.49. The van der Waals surface area contributed by atoms with Gasteiger partial charge in [0.2, 0.25) is 0 Å². The Morgan fingerprint density at radius 1 is 1.08 bits per heavy atom. The molecule has 0 N–H and O–H groups in total. The summed E-state index contributed by atoms with van der Waals surface area (Å²) < 4.78 is 7.56. The van der Waals surface area contributed by atoms with Gasteiger partial charge in [-0.1, -0.05) is 30.3 Å². The number of benzene rings is 2. The minimum atomic E-state index is 0.524. The number of rotatable bonds is 4. The van der Waals surface area contributed by atoms with Gasteiger partial charge in [-0.2, -0.15) is 0 Å². The first-order chi connectivity index (χ1) is 12.3. The molecule has 25 heavy (non-hydrogen) atoms. The second-order valence-electron chi connectivity index (χ2n) is 6.82. The molecule has 5 nitrogen and oxygen atoms in total. The lowest BCUT2D eigenvalue weighted by molar-refractivity contribution is 0.201. The first-order valence-corrected chi connectivity index (χ1v) is 8.87. The molecule has 0 saturated carbocycles. The molecule has 3 aromatic rings. The third kappa shape index (κ3) is 3.12. The van der Waals surface area contributed by atoms with Crippen LogP contribution in [0.5, 0.6) is 5.75 Å². The molecule has 0 atom stereocenters. The topological polar surface area (TPSA) is 43.2 Å². The van der Waals surface area contributed by atoms with E-state index in [0.29, 0.717) is 5.92 Å². The lowest BCUT2D eigenvalue weighted by Gasteiger charge is -2.31. The van der Waals surface area contributed by atoms with Crippen molar-refractivity contribution in [2.75, 3.05) is 20.2 Å². The van der Waals surface area contributed by atoms with Crippen LogP contribution in [0.4, 0.5) is 0 Å². The quantitative estimate of drug-likeness (QED) is 0.733. The van der Waals surface area contributed by atoms with Gasteiger partial charge in [0.1, 0.15) is 17.9 Å². The van der Waals surface area contributed by atoms with Crippen LogP contribution in [0.25, 0.3) is 10.8 Å². The Morgan fingerprint density at radius 2 is 1.84 bits per heavy atom. The Morgan fingerprint density at radius 3 is 2.52 bits per heavy atom. The fraction of sp³-hybridized carbons (Fsp3) is 0.400. The van der Waals surface area contributed by atoms with Crippen LogP contribution < -0.4 is 4.74 Å². The number of nitrogens with zero attached hydrogens (tertiary/aromatic N) is 4. The first-order valence-electron chi connectivity index (χ1n) is 8.87. The summed E-state index contributed by atoms with van der Waals surface area (Å²) in [4.78, 5) is 2.54. The standard InChI is InChI=1S/C20H24N4O/c1-23-14-21-22-20(23)15-9-11-24(12-10-15)13-16-7-8-19(25-2)18-6-4-3-5-17(16)18/h3-8,14-15H,9-13H2,1-2H3. The van der Waals surface area contributed by atoms with Crippen molar-refractivity contribution in [2.45, 2.75) is 25.3 Å². The van der Waals surface area contributed by atoms with E-state index in [0.717, 1.165) is 44.0 Å². The molecule has 1 fully saturated rings. The summed E-state index contributed by atoms with van der Waals surface area (Å²) >= 11 is 0. The zero-order valence-corrected chi connectivity index (χ0v) is 14.9. The zero-order valence-electron chi connectivity index (χ0n) is 14.9. The minimum Gasteiger partial charge on any atom is -0.496 e. The molecular formula is C20H24N4O. The van der Waals surface area contributed by atoms with Crippen LogP contribution in [0.15, 0.2) is 42.7 Å². The summed E-state index contributed by atoms with van der Waals surface area (Å²) in [6.45, 7) is 3.17. The van der Waals surface area contributed by atoms with Crippen molar-refractivity contribution in [3.8, 4) is 5.75 Å². The molecule has 0 radical (unpaired) electrons. The number of likely N-dealkylation sites (tertiary alicyclic amines) is 1. The highest BCUT2D eigenvalue weighted by Crippen LogP contribution is 2.31. The number of aryl methyl sites for hydroxylation is 1. The number of methoxy groups -OCH3 is 1. The van der Waals surface area contributed by atoms with Crippen LogP contribution in [0.1, 0.15) is 30.1 Å². The number of hydrogen-bond donors (Lipinski definition) is 0. The molecule has 1 aliphatic heterocycles. The summed E-state index contributed by atoms with van der Waals surface area (Å²) in [5.74, 6) is 2.59. The monoisotopic (exact) mass is 336 g/mol. The predicted molar refractivity (Wildman–Crippen MR) is 98.8 cm³/mol. The molecule has 130 valence electrons. The van der Waals surface area contributed by atoms with E-state index in [1.165, 1.54) is 16.3 Å². The van der Waals surface area contributed by atoms with E-state index in [9.17, 15) is 0 Å². The largest absolute Gasteiger partial charge is 0.496 e. The summed E-state index contributed by atoms with van der Waals surface area (Å²) in [5, 5.41) is 10.8. The SMILES string of the molecule is COc1ccc(CN2CCC(c3nncn3C)CC2)c2ccccc12. The van der Waals surface area contributed by atoms with E-state index >= 15 is 0 Å². The predicted octanol–water partition coefficient (Wildman–Crippen LogP) is 3.36. The maximum absolute atomic E-state index is 5.51. The van der Waals surface area contributed by atoms with Crippen LogP contribution in [-0.2, 0) is 13.6 Å². The fourth-order valence-corrected chi connectivity index (χ4v) is 3.90. The van der Waals surface area contributed by atoms with E-state index in [4.69, 9.17) is 4.74 Å². The van der Waals surface area contributed by atoms with Crippen molar-refractivity contribution in [3.63, 3.8) is 0 Å². The van der Waals surface area contributed by atoms with Crippen molar-refractivity contribution in [2.24, 2.45) is 7.05 Å². The van der Waals surface area contributed by atoms with Gasteiger partial charge in [0.15, 0.2) is 0 Å². The average molecular weight is 336 g/mol. The molecular weight excluding hydrogens is 312 g/mol. The highest BCUT2D eigenvalue weighted by Gasteiger charge is 2.24. The van der Waals surface area contributed by atoms with Gasteiger partial charge < -0.3 is 9.30 Å². The van der Waals surface area contributed by atoms with Crippen LogP contribution in [0.3, 0.4) is 0 Å². The van der Waals surface area contributed by atoms with E-state index in [-0.39, 0.29) is 0 Å². The van der Waals surface area contributed by atoms with Gasteiger partial charge in [0.25, 0.3) is 0 Å². The van der Waals surface area contributed by atoms with E-state index in [1.807, 2.05) is 7.05 Å². The zero-order chi connectivity index (χ0) is 17.2. The van der Waals surface area contributed by atoms with Gasteiger partial charge in [0, 0.05) is 24.9 Å². The number of fused-ring (bicyclic) bond motifs is 1. The van der Waals surface area contributed by atoms with Gasteiger partial charge in [-0.15, -0.1) is 10.2 Å². The third-order valence-corrected chi connectivity index (χ3v) is 5.29. The Kier molecular flexibility index (Phi) is 4.40. The van der Waals surface area contributed by atoms with Crippen LogP contribution in [0.2, 0.25) is 0 Å². The van der Waals surface area contributed by atoms with Crippen molar-refractivity contribution >= 4 is 10.8 Å². The minimum absolute atomic E-state index is 0.524. The summed E-state index contributed by atoms with van der Waals surface area (Å²) in [5.41, 5.74) is 1.37. The van der Waals surface area contributed by atoms with Gasteiger partial charge in [-0.25, -0.2) is 0 Å². The molecule has 1 saturated heterocycles. The van der Waals surface area contributed by atoms with E-state index in [1.54, 1.807) is 13.4 Å². The lowest BCUT2D eigenvalue weighted by atomic mass is 9.95. The molecule has 0 bridgehead atoms. The second-order valence-corrected chi connectivity index (χ2v) is 6.82. The summed E-state index contributed by atoms with van der Waals surface area (Å²) in [6.07, 6.45) is 4.08. The highest BCUT2D eigenvalue weighted by atomic mass is 16.5. The Bertz CT molecular complexity index is 865. The molecule has 5 heteroatoms. The van der Waals surface area contributed by atoms with Gasteiger partial charge in [-0.3, -0.25) is 4.90 Å². The number of piperidine rings is 1. The smallest absolute Gasteiger partial charge is 0.135 e. The summed E-state index contributed by atoms with van der Waals surface area (Å²) in [7, 11) is 3.77. The molecule has 0 aliphatic carbocycles. The maximum Gasteiger partial charge on any atom is 0.135 e. The van der Waals surface area contributed by atoms with Gasteiger partial charge in [0.05, 0.1) is 7.11 Å². The molecule has 2 aromatic carbocycles. The third-order valence-electron chi connectivity index (χ3n) is 5.29. The molecule has 4 rings (SSSR count).